The van der Waals surface area contributed by atoms with Crippen molar-refractivity contribution in [3.63, 3.8) is 0 Å². The van der Waals surface area contributed by atoms with Crippen molar-refractivity contribution in [1.82, 2.24) is 0 Å². The molecule has 0 amide bonds. The predicted octanol–water partition coefficient (Wildman–Crippen LogP) is 5.94. The topological polar surface area (TPSA) is 21.3 Å². The van der Waals surface area contributed by atoms with Gasteiger partial charge in [-0.25, -0.2) is 0 Å². The molecule has 0 aromatic heterocycles. The normalized spacial score (nSPS) is 24.4. The van der Waals surface area contributed by atoms with Crippen LogP contribution in [0.4, 0.5) is 5.69 Å². The number of hydrogen-bond donors (Lipinski definition) is 1. The second kappa shape index (κ2) is 6.54. The first-order chi connectivity index (χ1) is 10.1. The predicted molar refractivity (Wildman–Crippen MR) is 89.9 cm³/mol. The van der Waals surface area contributed by atoms with Crippen LogP contribution < -0.4 is 5.32 Å². The van der Waals surface area contributed by atoms with Crippen LogP contribution in [-0.4, -0.2) is 18.2 Å². The molecule has 1 aliphatic carbocycles. The third-order valence-corrected chi connectivity index (χ3v) is 5.43. The summed E-state index contributed by atoms with van der Waals surface area (Å²) in [6.45, 7) is 0.739. The molecule has 0 bridgehead atoms. The van der Waals surface area contributed by atoms with Crippen LogP contribution in [0, 0.1) is 0 Å². The number of halogens is 3. The van der Waals surface area contributed by atoms with E-state index < -0.39 is 0 Å². The minimum absolute atomic E-state index is 0.151. The average molecular weight is 349 g/mol. The van der Waals surface area contributed by atoms with Crippen molar-refractivity contribution in [2.75, 3.05) is 11.9 Å². The maximum atomic E-state index is 6.34. The van der Waals surface area contributed by atoms with Gasteiger partial charge in [0, 0.05) is 11.6 Å². The van der Waals surface area contributed by atoms with Gasteiger partial charge in [-0.2, -0.15) is 0 Å². The van der Waals surface area contributed by atoms with Crippen molar-refractivity contribution in [3.8, 4) is 0 Å². The highest BCUT2D eigenvalue weighted by Crippen LogP contribution is 2.42. The number of nitrogens with one attached hydrogen (secondary N) is 1. The summed E-state index contributed by atoms with van der Waals surface area (Å²) in [4.78, 5) is 0. The van der Waals surface area contributed by atoms with Crippen LogP contribution in [-0.2, 0) is 4.74 Å². The standard InChI is InChI=1S/C16H20Cl3NO/c17-11-8-13(18)15(14(19)9-11)20-10-12-4-7-16(21-12)5-2-1-3-6-16/h8-9,12,20H,1-7,10H2. The van der Waals surface area contributed by atoms with Crippen molar-refractivity contribution in [3.05, 3.63) is 27.2 Å². The van der Waals surface area contributed by atoms with E-state index in [2.05, 4.69) is 5.32 Å². The number of benzene rings is 1. The van der Waals surface area contributed by atoms with Gasteiger partial charge in [-0.15, -0.1) is 0 Å². The quantitative estimate of drug-likeness (QED) is 0.729. The Morgan fingerprint density at radius 2 is 1.71 bits per heavy atom. The van der Waals surface area contributed by atoms with Gasteiger partial charge in [0.2, 0.25) is 0 Å². The molecule has 1 atom stereocenters. The number of anilines is 1. The van der Waals surface area contributed by atoms with Crippen molar-refractivity contribution < 1.29 is 4.74 Å². The van der Waals surface area contributed by atoms with Gasteiger partial charge >= 0.3 is 0 Å². The molecule has 3 rings (SSSR count). The van der Waals surface area contributed by atoms with Crippen LogP contribution in [0.5, 0.6) is 0 Å². The van der Waals surface area contributed by atoms with Crippen LogP contribution in [0.25, 0.3) is 0 Å². The van der Waals surface area contributed by atoms with Crippen LogP contribution in [0.15, 0.2) is 12.1 Å². The molecule has 1 aliphatic heterocycles. The van der Waals surface area contributed by atoms with Gasteiger partial charge in [-0.05, 0) is 37.8 Å². The molecular weight excluding hydrogens is 329 g/mol. The summed E-state index contributed by atoms with van der Waals surface area (Å²) in [5.74, 6) is 0. The SMILES string of the molecule is Clc1cc(Cl)c(NCC2CCC3(CCCCC3)O2)c(Cl)c1. The van der Waals surface area contributed by atoms with Crippen molar-refractivity contribution >= 4 is 40.5 Å². The van der Waals surface area contributed by atoms with E-state index >= 15 is 0 Å². The van der Waals surface area contributed by atoms with Gasteiger partial charge in [0.15, 0.2) is 0 Å². The van der Waals surface area contributed by atoms with Crippen molar-refractivity contribution in [2.45, 2.75) is 56.7 Å². The van der Waals surface area contributed by atoms with Gasteiger partial charge in [0.1, 0.15) is 0 Å². The highest BCUT2D eigenvalue weighted by atomic mass is 35.5. The molecule has 1 saturated carbocycles. The molecular formula is C16H20Cl3NO. The fraction of sp³-hybridized carbons (Fsp3) is 0.625. The van der Waals surface area contributed by atoms with E-state index in [0.717, 1.165) is 18.7 Å². The number of hydrogen-bond acceptors (Lipinski definition) is 2. The zero-order valence-electron chi connectivity index (χ0n) is 11.9. The molecule has 1 aromatic rings. The van der Waals surface area contributed by atoms with Gasteiger partial charge < -0.3 is 10.1 Å². The maximum Gasteiger partial charge on any atom is 0.0756 e. The fourth-order valence-corrected chi connectivity index (χ4v) is 4.48. The van der Waals surface area contributed by atoms with Crippen molar-refractivity contribution in [2.24, 2.45) is 0 Å². The van der Waals surface area contributed by atoms with E-state index in [9.17, 15) is 0 Å². The largest absolute Gasteiger partial charge is 0.380 e. The first-order valence-electron chi connectivity index (χ1n) is 7.64. The Bertz CT molecular complexity index is 491. The van der Waals surface area contributed by atoms with Crippen molar-refractivity contribution in [1.29, 1.82) is 0 Å². The Kier molecular flexibility index (Phi) is 4.90. The van der Waals surface area contributed by atoms with E-state index in [1.807, 2.05) is 0 Å². The third kappa shape index (κ3) is 3.61. The highest BCUT2D eigenvalue weighted by molar-refractivity contribution is 6.41. The summed E-state index contributed by atoms with van der Waals surface area (Å²) in [5.41, 5.74) is 0.897. The fourth-order valence-electron chi connectivity index (χ4n) is 3.53. The summed E-state index contributed by atoms with van der Waals surface area (Å²) < 4.78 is 6.34. The van der Waals surface area contributed by atoms with Crippen LogP contribution in [0.3, 0.4) is 0 Å². The molecule has 5 heteroatoms. The monoisotopic (exact) mass is 347 g/mol. The number of rotatable bonds is 3. The molecule has 1 spiro atoms. The molecule has 1 aromatic carbocycles. The van der Waals surface area contributed by atoms with E-state index in [-0.39, 0.29) is 11.7 Å². The molecule has 2 aliphatic rings. The molecule has 116 valence electrons. The molecule has 1 unspecified atom stereocenters. The highest BCUT2D eigenvalue weighted by Gasteiger charge is 2.40. The maximum absolute atomic E-state index is 6.34. The lowest BCUT2D eigenvalue weighted by atomic mass is 9.83. The Morgan fingerprint density at radius 1 is 1.05 bits per heavy atom. The molecule has 2 nitrogen and oxygen atoms in total. The lowest BCUT2D eigenvalue weighted by molar-refractivity contribution is -0.0588. The average Bonchev–Trinajstić information content (AvgIpc) is 2.81. The lowest BCUT2D eigenvalue weighted by Crippen LogP contribution is -2.33. The Labute approximate surface area is 141 Å². The molecule has 21 heavy (non-hydrogen) atoms. The summed E-state index contributed by atoms with van der Waals surface area (Å²) in [5, 5.41) is 4.98. The summed E-state index contributed by atoms with van der Waals surface area (Å²) in [7, 11) is 0. The minimum atomic E-state index is 0.151. The van der Waals surface area contributed by atoms with Gasteiger partial charge in [0.25, 0.3) is 0 Å². The smallest absolute Gasteiger partial charge is 0.0756 e. The van der Waals surface area contributed by atoms with Crippen LogP contribution >= 0.6 is 34.8 Å². The van der Waals surface area contributed by atoms with Gasteiger partial charge in [-0.1, -0.05) is 54.1 Å². The first-order valence-corrected chi connectivity index (χ1v) is 8.78. The Balaban J connectivity index is 1.59. The zero-order valence-corrected chi connectivity index (χ0v) is 14.2. The summed E-state index contributed by atoms with van der Waals surface area (Å²) >= 11 is 18.3. The van der Waals surface area contributed by atoms with Crippen LogP contribution in [0.1, 0.15) is 44.9 Å². The molecule has 1 N–H and O–H groups in total. The Hall–Kier alpha value is -0.150. The lowest BCUT2D eigenvalue weighted by Gasteiger charge is -2.33. The minimum Gasteiger partial charge on any atom is -0.380 e. The first kappa shape index (κ1) is 15.7. The molecule has 2 fully saturated rings. The van der Waals surface area contributed by atoms with E-state index in [4.69, 9.17) is 39.5 Å². The second-order valence-corrected chi connectivity index (χ2v) is 7.40. The second-order valence-electron chi connectivity index (χ2n) is 6.15. The molecule has 1 saturated heterocycles. The number of ether oxygens (including phenoxy) is 1. The summed E-state index contributed by atoms with van der Waals surface area (Å²) in [6, 6.07) is 3.41. The van der Waals surface area contributed by atoms with Gasteiger partial charge in [0.05, 0.1) is 27.4 Å². The zero-order chi connectivity index (χ0) is 14.9. The molecule has 1 heterocycles. The van der Waals surface area contributed by atoms with Crippen LogP contribution in [0.2, 0.25) is 15.1 Å². The van der Waals surface area contributed by atoms with Gasteiger partial charge in [-0.3, -0.25) is 0 Å². The Morgan fingerprint density at radius 3 is 2.38 bits per heavy atom. The van der Waals surface area contributed by atoms with E-state index in [1.54, 1.807) is 12.1 Å². The van der Waals surface area contributed by atoms with E-state index in [1.165, 1.54) is 38.5 Å². The third-order valence-electron chi connectivity index (χ3n) is 4.62. The summed E-state index contributed by atoms with van der Waals surface area (Å²) in [6.07, 6.45) is 8.91. The van der Waals surface area contributed by atoms with E-state index in [0.29, 0.717) is 15.1 Å². The molecule has 0 radical (unpaired) electrons.